The third kappa shape index (κ3) is 1.50. The van der Waals surface area contributed by atoms with Crippen LogP contribution in [0.15, 0.2) is 18.2 Å². The molecule has 0 aliphatic carbocycles. The second-order valence-corrected chi connectivity index (χ2v) is 3.84. The fraction of sp³-hybridized carbons (Fsp3) is 0.364. The van der Waals surface area contributed by atoms with Gasteiger partial charge in [0.2, 0.25) is 5.78 Å². The molecule has 1 aliphatic rings. The first-order valence-corrected chi connectivity index (χ1v) is 5.10. The number of halogens is 1. The summed E-state index contributed by atoms with van der Waals surface area (Å²) < 4.78 is 5.51. The molecular formula is C11H11ClO2. The zero-order valence-corrected chi connectivity index (χ0v) is 8.67. The van der Waals surface area contributed by atoms with Gasteiger partial charge in [0.05, 0.1) is 5.56 Å². The Kier molecular flexibility index (Phi) is 2.46. The minimum Gasteiger partial charge on any atom is -0.482 e. The minimum absolute atomic E-state index is 0.0596. The van der Waals surface area contributed by atoms with Gasteiger partial charge >= 0.3 is 0 Å². The van der Waals surface area contributed by atoms with Gasteiger partial charge in [-0.15, -0.1) is 0 Å². The van der Waals surface area contributed by atoms with Crippen LogP contribution >= 0.6 is 11.6 Å². The quantitative estimate of drug-likeness (QED) is 0.750. The van der Waals surface area contributed by atoms with Crippen LogP contribution in [0.2, 0.25) is 5.02 Å². The van der Waals surface area contributed by atoms with Crippen LogP contribution in [-0.2, 0) is 0 Å². The first-order valence-electron chi connectivity index (χ1n) is 4.72. The van der Waals surface area contributed by atoms with Crippen molar-refractivity contribution in [3.8, 4) is 5.75 Å². The molecular weight excluding hydrogens is 200 g/mol. The van der Waals surface area contributed by atoms with E-state index in [1.54, 1.807) is 18.2 Å². The van der Waals surface area contributed by atoms with Gasteiger partial charge < -0.3 is 4.74 Å². The fourth-order valence-corrected chi connectivity index (χ4v) is 1.80. The molecule has 1 aromatic rings. The van der Waals surface area contributed by atoms with Crippen LogP contribution in [0.1, 0.15) is 30.1 Å². The lowest BCUT2D eigenvalue weighted by atomic mass is 10.1. The van der Waals surface area contributed by atoms with Gasteiger partial charge in [-0.1, -0.05) is 24.9 Å². The van der Waals surface area contributed by atoms with E-state index in [0.29, 0.717) is 16.3 Å². The molecule has 0 saturated heterocycles. The van der Waals surface area contributed by atoms with Crippen molar-refractivity contribution in [2.75, 3.05) is 0 Å². The molecule has 1 atom stereocenters. The molecule has 0 saturated carbocycles. The van der Waals surface area contributed by atoms with E-state index in [2.05, 4.69) is 0 Å². The van der Waals surface area contributed by atoms with Crippen molar-refractivity contribution >= 4 is 17.4 Å². The summed E-state index contributed by atoms with van der Waals surface area (Å²) in [5, 5.41) is 0.581. The van der Waals surface area contributed by atoms with Crippen LogP contribution in [0.25, 0.3) is 0 Å². The van der Waals surface area contributed by atoms with Crippen LogP contribution in [-0.4, -0.2) is 11.9 Å². The molecule has 2 nitrogen and oxygen atoms in total. The Hall–Kier alpha value is -1.02. The number of ketones is 1. The van der Waals surface area contributed by atoms with Gasteiger partial charge in [0.15, 0.2) is 6.10 Å². The van der Waals surface area contributed by atoms with E-state index in [1.807, 2.05) is 6.92 Å². The molecule has 1 heterocycles. The van der Waals surface area contributed by atoms with E-state index in [0.717, 1.165) is 12.8 Å². The van der Waals surface area contributed by atoms with Gasteiger partial charge in [0.1, 0.15) is 5.75 Å². The van der Waals surface area contributed by atoms with Crippen LogP contribution in [0.5, 0.6) is 5.75 Å². The van der Waals surface area contributed by atoms with E-state index < -0.39 is 0 Å². The summed E-state index contributed by atoms with van der Waals surface area (Å²) in [4.78, 5) is 11.8. The zero-order valence-electron chi connectivity index (χ0n) is 7.92. The standard InChI is InChI=1S/C11H11ClO2/c1-2-3-10-11(13)8-6-7(12)4-5-9(8)14-10/h4-6,10H,2-3H2,1H3. The van der Waals surface area contributed by atoms with Gasteiger partial charge in [-0.25, -0.2) is 0 Å². The largest absolute Gasteiger partial charge is 0.482 e. The number of ether oxygens (including phenoxy) is 1. The average Bonchev–Trinajstić information content (AvgIpc) is 2.46. The first kappa shape index (κ1) is 9.53. The second kappa shape index (κ2) is 3.62. The smallest absolute Gasteiger partial charge is 0.207 e. The monoisotopic (exact) mass is 210 g/mol. The Morgan fingerprint density at radius 1 is 1.50 bits per heavy atom. The summed E-state index contributed by atoms with van der Waals surface area (Å²) in [5.41, 5.74) is 0.621. The first-order chi connectivity index (χ1) is 6.72. The highest BCUT2D eigenvalue weighted by molar-refractivity contribution is 6.31. The summed E-state index contributed by atoms with van der Waals surface area (Å²) in [6, 6.07) is 5.17. The number of benzene rings is 1. The van der Waals surface area contributed by atoms with Crippen LogP contribution in [0.4, 0.5) is 0 Å². The highest BCUT2D eigenvalue weighted by Crippen LogP contribution is 2.32. The van der Waals surface area contributed by atoms with E-state index in [-0.39, 0.29) is 11.9 Å². The van der Waals surface area contributed by atoms with Crippen molar-refractivity contribution in [1.82, 2.24) is 0 Å². The maximum absolute atomic E-state index is 11.8. The van der Waals surface area contributed by atoms with Crippen LogP contribution in [0.3, 0.4) is 0 Å². The normalized spacial score (nSPS) is 19.3. The summed E-state index contributed by atoms with van der Waals surface area (Å²) in [7, 11) is 0. The molecule has 0 spiro atoms. The molecule has 2 rings (SSSR count). The van der Waals surface area contributed by atoms with Crippen molar-refractivity contribution in [3.05, 3.63) is 28.8 Å². The van der Waals surface area contributed by atoms with Crippen molar-refractivity contribution < 1.29 is 9.53 Å². The second-order valence-electron chi connectivity index (χ2n) is 3.40. The number of carbonyl (C=O) groups excluding carboxylic acids is 1. The Morgan fingerprint density at radius 3 is 3.00 bits per heavy atom. The molecule has 0 amide bonds. The van der Waals surface area contributed by atoms with Gasteiger partial charge in [-0.3, -0.25) is 4.79 Å². The maximum Gasteiger partial charge on any atom is 0.207 e. The SMILES string of the molecule is CCCC1Oc2ccc(Cl)cc2C1=O. The Morgan fingerprint density at radius 2 is 2.29 bits per heavy atom. The predicted molar refractivity (Wildman–Crippen MR) is 55.1 cm³/mol. The zero-order chi connectivity index (χ0) is 10.1. The molecule has 1 aromatic carbocycles. The van der Waals surface area contributed by atoms with Gasteiger partial charge in [-0.2, -0.15) is 0 Å². The average molecular weight is 211 g/mol. The van der Waals surface area contributed by atoms with Crippen molar-refractivity contribution in [2.45, 2.75) is 25.9 Å². The van der Waals surface area contributed by atoms with Crippen molar-refractivity contribution in [2.24, 2.45) is 0 Å². The molecule has 14 heavy (non-hydrogen) atoms. The lowest BCUT2D eigenvalue weighted by Gasteiger charge is -2.06. The highest BCUT2D eigenvalue weighted by Gasteiger charge is 2.31. The predicted octanol–water partition coefficient (Wildman–Crippen LogP) is 3.08. The van der Waals surface area contributed by atoms with Gasteiger partial charge in [0, 0.05) is 5.02 Å². The molecule has 74 valence electrons. The molecule has 0 fully saturated rings. The van der Waals surface area contributed by atoms with Gasteiger partial charge in [-0.05, 0) is 24.6 Å². The third-order valence-corrected chi connectivity index (χ3v) is 2.55. The Bertz CT molecular complexity index is 374. The molecule has 0 bridgehead atoms. The molecule has 0 radical (unpaired) electrons. The van der Waals surface area contributed by atoms with Crippen LogP contribution < -0.4 is 4.74 Å². The van der Waals surface area contributed by atoms with Crippen molar-refractivity contribution in [1.29, 1.82) is 0 Å². The number of Topliss-reactive ketones (excluding diaryl/α,β-unsaturated/α-hetero) is 1. The summed E-state index contributed by atoms with van der Waals surface area (Å²) >= 11 is 5.81. The minimum atomic E-state index is -0.298. The van der Waals surface area contributed by atoms with Crippen molar-refractivity contribution in [3.63, 3.8) is 0 Å². The fourth-order valence-electron chi connectivity index (χ4n) is 1.63. The van der Waals surface area contributed by atoms with E-state index in [1.165, 1.54) is 0 Å². The lowest BCUT2D eigenvalue weighted by Crippen LogP contribution is -2.19. The number of carbonyl (C=O) groups is 1. The summed E-state index contributed by atoms with van der Waals surface area (Å²) in [6.07, 6.45) is 1.41. The van der Waals surface area contributed by atoms with E-state index in [4.69, 9.17) is 16.3 Å². The topological polar surface area (TPSA) is 26.3 Å². The molecule has 1 unspecified atom stereocenters. The van der Waals surface area contributed by atoms with Crippen LogP contribution in [0, 0.1) is 0 Å². The Balaban J connectivity index is 2.31. The number of hydrogen-bond acceptors (Lipinski definition) is 2. The Labute approximate surface area is 87.8 Å². The van der Waals surface area contributed by atoms with Gasteiger partial charge in [0.25, 0.3) is 0 Å². The molecule has 0 aromatic heterocycles. The van der Waals surface area contributed by atoms with E-state index in [9.17, 15) is 4.79 Å². The van der Waals surface area contributed by atoms with E-state index >= 15 is 0 Å². The summed E-state index contributed by atoms with van der Waals surface area (Å²) in [5.74, 6) is 0.724. The molecule has 1 aliphatic heterocycles. The number of rotatable bonds is 2. The maximum atomic E-state index is 11.8. The molecule has 3 heteroatoms. The highest BCUT2D eigenvalue weighted by atomic mass is 35.5. The lowest BCUT2D eigenvalue weighted by molar-refractivity contribution is 0.0845. The number of hydrogen-bond donors (Lipinski definition) is 0. The summed E-state index contributed by atoms with van der Waals surface area (Å²) in [6.45, 7) is 2.03. The third-order valence-electron chi connectivity index (χ3n) is 2.32. The molecule has 0 N–H and O–H groups in total. The number of fused-ring (bicyclic) bond motifs is 1.